The molecule has 234 valence electrons. The number of likely N-dealkylation sites (tertiary alicyclic amines) is 1. The third-order valence-corrected chi connectivity index (χ3v) is 9.90. The molecule has 5 atom stereocenters. The van der Waals surface area contributed by atoms with E-state index in [-0.39, 0.29) is 37.4 Å². The van der Waals surface area contributed by atoms with E-state index in [1.807, 2.05) is 69.3 Å². The summed E-state index contributed by atoms with van der Waals surface area (Å²) in [4.78, 5) is 49.1. The van der Waals surface area contributed by atoms with Gasteiger partial charge in [-0.05, 0) is 56.2 Å². The van der Waals surface area contributed by atoms with Crippen molar-refractivity contribution < 1.29 is 24.2 Å². The summed E-state index contributed by atoms with van der Waals surface area (Å²) in [5.41, 5.74) is 1.65. The molecule has 2 bridgehead atoms. The topological polar surface area (TPSA) is 90.4 Å². The Morgan fingerprint density at radius 3 is 2.32 bits per heavy atom. The first-order valence-corrected chi connectivity index (χ1v) is 15.7. The Kier molecular flexibility index (Phi) is 9.14. The van der Waals surface area contributed by atoms with Crippen molar-refractivity contribution >= 4 is 23.4 Å². The second-order valence-corrected chi connectivity index (χ2v) is 12.4. The number of aliphatic hydroxyl groups excluding tert-OH is 1. The number of rotatable bonds is 13. The van der Waals surface area contributed by atoms with Crippen LogP contribution in [0.5, 0.6) is 0 Å². The summed E-state index contributed by atoms with van der Waals surface area (Å²) in [5.74, 6) is -2.18. The van der Waals surface area contributed by atoms with E-state index >= 15 is 0 Å². The van der Waals surface area contributed by atoms with Gasteiger partial charge in [0.05, 0.1) is 17.4 Å². The van der Waals surface area contributed by atoms with Crippen LogP contribution in [-0.2, 0) is 25.7 Å². The largest absolute Gasteiger partial charge is 0.396 e. The Balaban J connectivity index is 1.60. The van der Waals surface area contributed by atoms with E-state index in [4.69, 9.17) is 4.74 Å². The zero-order valence-electron chi connectivity index (χ0n) is 26.2. The fourth-order valence-corrected chi connectivity index (χ4v) is 8.04. The first kappa shape index (κ1) is 31.7. The Bertz CT molecular complexity index is 1410. The smallest absolute Gasteiger partial charge is 0.253 e. The van der Waals surface area contributed by atoms with E-state index in [0.29, 0.717) is 38.8 Å². The fourth-order valence-electron chi connectivity index (χ4n) is 8.04. The number of para-hydroxylation sites is 1. The molecule has 8 heteroatoms. The molecule has 2 aromatic rings. The molecule has 3 fully saturated rings. The van der Waals surface area contributed by atoms with Crippen LogP contribution in [0.15, 0.2) is 73.8 Å². The van der Waals surface area contributed by atoms with Crippen LogP contribution < -0.4 is 4.90 Å². The normalized spacial score (nSPS) is 26.9. The number of carbonyl (C=O) groups is 3. The number of hydrogen-bond donors (Lipinski definition) is 1. The molecular formula is C36H45N3O5. The Labute approximate surface area is 261 Å². The van der Waals surface area contributed by atoms with Crippen LogP contribution in [0.1, 0.15) is 49.3 Å². The van der Waals surface area contributed by atoms with Gasteiger partial charge in [0.2, 0.25) is 11.8 Å². The molecule has 8 nitrogen and oxygen atoms in total. The van der Waals surface area contributed by atoms with Crippen molar-refractivity contribution in [3.8, 4) is 0 Å². The number of fused-ring (bicyclic) bond motifs is 1. The Morgan fingerprint density at radius 2 is 1.70 bits per heavy atom. The van der Waals surface area contributed by atoms with Crippen LogP contribution >= 0.6 is 0 Å². The third kappa shape index (κ3) is 5.08. The number of ether oxygens (including phenoxy) is 1. The SMILES string of the molecule is C=CCN(Cc1ccccc1)C(=O)[C@H]1[C@H]2C(=O)N(CCCO)C(C(=O)N(CC=C)c3c(C)cccc3C)C23CC[C@]1(CC)O3. The number of amides is 3. The first-order chi connectivity index (χ1) is 21.2. The molecule has 0 saturated carbocycles. The van der Waals surface area contributed by atoms with Crippen molar-refractivity contribution in [3.63, 3.8) is 0 Å². The van der Waals surface area contributed by atoms with Crippen LogP contribution in [0.3, 0.4) is 0 Å². The van der Waals surface area contributed by atoms with Crippen LogP contribution in [0.4, 0.5) is 5.69 Å². The predicted octanol–water partition coefficient (Wildman–Crippen LogP) is 4.57. The number of hydrogen-bond acceptors (Lipinski definition) is 5. The van der Waals surface area contributed by atoms with Gasteiger partial charge in [0.25, 0.3) is 5.91 Å². The quantitative estimate of drug-likeness (QED) is 0.341. The Hall–Kier alpha value is -3.75. The van der Waals surface area contributed by atoms with Crippen molar-refractivity contribution in [1.82, 2.24) is 9.80 Å². The van der Waals surface area contributed by atoms with Gasteiger partial charge in [0.1, 0.15) is 11.6 Å². The number of benzene rings is 2. The molecule has 1 spiro atoms. The average Bonchev–Trinajstić information content (AvgIpc) is 3.62. The minimum Gasteiger partial charge on any atom is -0.396 e. The summed E-state index contributed by atoms with van der Waals surface area (Å²) in [5, 5.41) is 9.76. The lowest BCUT2D eigenvalue weighted by molar-refractivity contribution is -0.151. The predicted molar refractivity (Wildman–Crippen MR) is 171 cm³/mol. The molecule has 3 aliphatic rings. The monoisotopic (exact) mass is 599 g/mol. The average molecular weight is 600 g/mol. The number of aryl methyl sites for hydroxylation is 2. The minimum absolute atomic E-state index is 0.123. The third-order valence-electron chi connectivity index (χ3n) is 9.90. The van der Waals surface area contributed by atoms with Crippen molar-refractivity contribution in [2.45, 2.75) is 70.2 Å². The standard InChI is InChI=1S/C36H45N3O5/c1-6-20-37(24-27-16-10-9-11-17-27)32(41)28-29-33(42)39(22-13-23-40)31(36(29)19-18-35(28,8-3)44-36)34(43)38(21-7-2)30-25(4)14-12-15-26(30)5/h6-7,9-12,14-17,28-29,31,40H,1-2,8,13,18-24H2,3-5H3/t28-,29+,31?,35+,36?/m1/s1. The molecule has 3 saturated heterocycles. The number of carbonyl (C=O) groups excluding carboxylic acids is 3. The molecule has 2 unspecified atom stereocenters. The summed E-state index contributed by atoms with van der Waals surface area (Å²) in [7, 11) is 0. The zero-order valence-corrected chi connectivity index (χ0v) is 26.2. The van der Waals surface area contributed by atoms with Gasteiger partial charge < -0.3 is 24.5 Å². The second-order valence-electron chi connectivity index (χ2n) is 12.4. The van der Waals surface area contributed by atoms with E-state index in [1.54, 1.807) is 26.9 Å². The van der Waals surface area contributed by atoms with Gasteiger partial charge >= 0.3 is 0 Å². The lowest BCUT2D eigenvalue weighted by atomic mass is 9.64. The lowest BCUT2D eigenvalue weighted by Crippen LogP contribution is -2.57. The summed E-state index contributed by atoms with van der Waals surface area (Å²) >= 11 is 0. The van der Waals surface area contributed by atoms with Gasteiger partial charge in [-0.3, -0.25) is 14.4 Å². The molecule has 3 amide bonds. The number of aliphatic hydroxyl groups is 1. The molecular weight excluding hydrogens is 554 g/mol. The summed E-state index contributed by atoms with van der Waals surface area (Å²) < 4.78 is 7.00. The molecule has 1 N–H and O–H groups in total. The van der Waals surface area contributed by atoms with E-state index in [2.05, 4.69) is 13.2 Å². The lowest BCUT2D eigenvalue weighted by Gasteiger charge is -2.37. The maximum atomic E-state index is 14.9. The minimum atomic E-state index is -1.15. The molecule has 2 aromatic carbocycles. The molecule has 3 aliphatic heterocycles. The van der Waals surface area contributed by atoms with Crippen LogP contribution in [0, 0.1) is 25.7 Å². The fraction of sp³-hybridized carbons (Fsp3) is 0.472. The summed E-state index contributed by atoms with van der Waals surface area (Å²) in [6.45, 7) is 14.8. The summed E-state index contributed by atoms with van der Waals surface area (Å²) in [6, 6.07) is 14.7. The highest BCUT2D eigenvalue weighted by Crippen LogP contribution is 2.64. The van der Waals surface area contributed by atoms with Crippen molar-refractivity contribution in [3.05, 3.63) is 90.5 Å². The van der Waals surface area contributed by atoms with E-state index in [1.165, 1.54) is 0 Å². The first-order valence-electron chi connectivity index (χ1n) is 15.7. The van der Waals surface area contributed by atoms with Gasteiger partial charge in [0.15, 0.2) is 0 Å². The van der Waals surface area contributed by atoms with Gasteiger partial charge in [-0.2, -0.15) is 0 Å². The zero-order chi connectivity index (χ0) is 31.6. The molecule has 44 heavy (non-hydrogen) atoms. The second kappa shape index (κ2) is 12.7. The molecule has 0 aromatic heterocycles. The Morgan fingerprint density at radius 1 is 1.02 bits per heavy atom. The summed E-state index contributed by atoms with van der Waals surface area (Å²) in [6.07, 6.45) is 5.35. The number of anilines is 1. The number of nitrogens with zero attached hydrogens (tertiary/aromatic N) is 3. The van der Waals surface area contributed by atoms with Gasteiger partial charge in [0, 0.05) is 38.5 Å². The maximum Gasteiger partial charge on any atom is 0.253 e. The molecule has 5 rings (SSSR count). The highest BCUT2D eigenvalue weighted by atomic mass is 16.5. The van der Waals surface area contributed by atoms with Gasteiger partial charge in [-0.25, -0.2) is 0 Å². The highest BCUT2D eigenvalue weighted by Gasteiger charge is 2.79. The van der Waals surface area contributed by atoms with E-state index in [0.717, 1.165) is 22.4 Å². The van der Waals surface area contributed by atoms with E-state index in [9.17, 15) is 19.5 Å². The van der Waals surface area contributed by atoms with Crippen molar-refractivity contribution in [2.75, 3.05) is 31.1 Å². The van der Waals surface area contributed by atoms with Crippen LogP contribution in [-0.4, -0.2) is 76.1 Å². The highest BCUT2D eigenvalue weighted by molar-refractivity contribution is 6.05. The maximum absolute atomic E-state index is 14.9. The molecule has 0 radical (unpaired) electrons. The van der Waals surface area contributed by atoms with Crippen molar-refractivity contribution in [2.24, 2.45) is 11.8 Å². The van der Waals surface area contributed by atoms with E-state index < -0.39 is 29.1 Å². The molecule has 0 aliphatic carbocycles. The van der Waals surface area contributed by atoms with Gasteiger partial charge in [-0.1, -0.05) is 67.6 Å². The van der Waals surface area contributed by atoms with Crippen molar-refractivity contribution in [1.29, 1.82) is 0 Å². The van der Waals surface area contributed by atoms with Gasteiger partial charge in [-0.15, -0.1) is 13.2 Å². The molecule has 3 heterocycles. The van der Waals surface area contributed by atoms with Crippen LogP contribution in [0.2, 0.25) is 0 Å². The van der Waals surface area contributed by atoms with Crippen LogP contribution in [0.25, 0.3) is 0 Å².